The fourth-order valence-corrected chi connectivity index (χ4v) is 7.16. The zero-order valence-electron chi connectivity index (χ0n) is 50.7. The summed E-state index contributed by atoms with van der Waals surface area (Å²) < 4.78 is 16.7. The quantitative estimate of drug-likeness (QED) is 0.0261. The van der Waals surface area contributed by atoms with Crippen molar-refractivity contribution >= 4 is 17.9 Å². The Labute approximate surface area is 494 Å². The van der Waals surface area contributed by atoms with Crippen molar-refractivity contribution in [1.29, 1.82) is 0 Å². The molecule has 0 aromatic rings. The molecule has 0 aromatic carbocycles. The number of hydrogen-bond acceptors (Lipinski definition) is 6. The maximum absolute atomic E-state index is 12.9. The van der Waals surface area contributed by atoms with E-state index in [1.54, 1.807) is 0 Å². The van der Waals surface area contributed by atoms with Crippen molar-refractivity contribution in [3.05, 3.63) is 231 Å². The molecule has 0 fully saturated rings. The zero-order valence-corrected chi connectivity index (χ0v) is 50.7. The Morgan fingerprint density at radius 1 is 0.247 bits per heavy atom. The van der Waals surface area contributed by atoms with Crippen molar-refractivity contribution in [2.24, 2.45) is 0 Å². The molecule has 0 heterocycles. The number of carbonyl (C=O) groups is 3. The van der Waals surface area contributed by atoms with E-state index in [2.05, 4.69) is 252 Å². The third kappa shape index (κ3) is 64.2. The van der Waals surface area contributed by atoms with Gasteiger partial charge in [0.2, 0.25) is 0 Å². The Hall–Kier alpha value is -6.53. The Morgan fingerprint density at radius 3 is 0.617 bits per heavy atom. The molecule has 0 rings (SSSR count). The topological polar surface area (TPSA) is 78.9 Å². The minimum absolute atomic E-state index is 0.164. The van der Waals surface area contributed by atoms with Gasteiger partial charge >= 0.3 is 17.9 Å². The molecular formula is C75H108O6. The van der Waals surface area contributed by atoms with Gasteiger partial charge in [-0.25, -0.2) is 0 Å². The minimum atomic E-state index is -0.874. The molecule has 0 aliphatic rings. The highest BCUT2D eigenvalue weighted by Crippen LogP contribution is 2.09. The van der Waals surface area contributed by atoms with Crippen LogP contribution in [0.3, 0.4) is 0 Å². The molecule has 81 heavy (non-hydrogen) atoms. The van der Waals surface area contributed by atoms with Crippen LogP contribution in [0, 0.1) is 0 Å². The van der Waals surface area contributed by atoms with Crippen LogP contribution in [0.1, 0.15) is 201 Å². The molecule has 0 saturated carbocycles. The molecular weight excluding hydrogens is 997 g/mol. The average Bonchev–Trinajstić information content (AvgIpc) is 3.47. The fourth-order valence-electron chi connectivity index (χ4n) is 7.16. The average molecular weight is 1110 g/mol. The van der Waals surface area contributed by atoms with E-state index < -0.39 is 12.1 Å². The lowest BCUT2D eigenvalue weighted by molar-refractivity contribution is -0.166. The molecule has 0 radical (unpaired) electrons. The van der Waals surface area contributed by atoms with E-state index in [1.807, 2.05) is 0 Å². The molecule has 0 amide bonds. The number of rotatable bonds is 52. The van der Waals surface area contributed by atoms with E-state index in [4.69, 9.17) is 14.2 Å². The van der Waals surface area contributed by atoms with Crippen LogP contribution in [-0.4, -0.2) is 37.2 Å². The van der Waals surface area contributed by atoms with Crippen molar-refractivity contribution in [2.45, 2.75) is 207 Å². The number of unbranched alkanes of at least 4 members (excludes halogenated alkanes) is 3. The molecule has 0 N–H and O–H groups in total. The van der Waals surface area contributed by atoms with E-state index in [0.717, 1.165) is 141 Å². The van der Waals surface area contributed by atoms with Crippen LogP contribution in [0.5, 0.6) is 0 Å². The molecule has 0 bridgehead atoms. The van der Waals surface area contributed by atoms with Crippen molar-refractivity contribution in [1.82, 2.24) is 0 Å². The number of allylic oxidation sites excluding steroid dienone is 38. The summed E-state index contributed by atoms with van der Waals surface area (Å²) in [4.78, 5) is 38.3. The smallest absolute Gasteiger partial charge is 0.306 e. The largest absolute Gasteiger partial charge is 0.462 e. The highest BCUT2D eigenvalue weighted by atomic mass is 16.6. The molecule has 444 valence electrons. The number of ether oxygens (including phenoxy) is 3. The van der Waals surface area contributed by atoms with Gasteiger partial charge in [-0.1, -0.05) is 252 Å². The minimum Gasteiger partial charge on any atom is -0.462 e. The van der Waals surface area contributed by atoms with Crippen LogP contribution in [0.2, 0.25) is 0 Å². The lowest BCUT2D eigenvalue weighted by Crippen LogP contribution is -2.30. The SMILES string of the molecule is CC/C=C\C/C=C\C/C=C\C/C=C\C/C=C\C/C=C\C/C=C\CCCC(=O)OCC(COC(=O)CCC/C=C\C/C=C\C/C=C\C/C=C\C/C=C\CC)OC(=O)CCC/C=C\C/C=C\C/C=C\C/C=C\C/C=C\C/C=C\C/C=C\CC. The molecule has 0 aliphatic heterocycles. The van der Waals surface area contributed by atoms with Crippen molar-refractivity contribution in [3.8, 4) is 0 Å². The maximum Gasteiger partial charge on any atom is 0.306 e. The highest BCUT2D eigenvalue weighted by molar-refractivity contribution is 5.71. The summed E-state index contributed by atoms with van der Waals surface area (Å²) >= 11 is 0. The second-order valence-corrected chi connectivity index (χ2v) is 19.1. The van der Waals surface area contributed by atoms with Crippen LogP contribution in [-0.2, 0) is 28.6 Å². The fraction of sp³-hybridized carbons (Fsp3) is 0.453. The van der Waals surface area contributed by atoms with Gasteiger partial charge in [0.25, 0.3) is 0 Å². The van der Waals surface area contributed by atoms with E-state index >= 15 is 0 Å². The van der Waals surface area contributed by atoms with Crippen molar-refractivity contribution in [2.75, 3.05) is 13.2 Å². The molecule has 0 spiro atoms. The summed E-state index contributed by atoms with van der Waals surface area (Å²) in [7, 11) is 0. The predicted octanol–water partition coefficient (Wildman–Crippen LogP) is 21.5. The second-order valence-electron chi connectivity index (χ2n) is 19.1. The van der Waals surface area contributed by atoms with Gasteiger partial charge in [-0.15, -0.1) is 0 Å². The Bertz CT molecular complexity index is 2090. The van der Waals surface area contributed by atoms with E-state index in [0.29, 0.717) is 19.3 Å². The van der Waals surface area contributed by atoms with E-state index in [1.165, 1.54) is 0 Å². The third-order valence-electron chi connectivity index (χ3n) is 11.6. The summed E-state index contributed by atoms with van der Waals surface area (Å²) in [6, 6.07) is 0. The summed E-state index contributed by atoms with van der Waals surface area (Å²) in [5, 5.41) is 0. The van der Waals surface area contributed by atoms with Gasteiger partial charge < -0.3 is 14.2 Å². The molecule has 6 heteroatoms. The Balaban J connectivity index is 4.72. The molecule has 0 aromatic heterocycles. The van der Waals surface area contributed by atoms with Gasteiger partial charge in [-0.05, 0) is 161 Å². The summed E-state index contributed by atoms with van der Waals surface area (Å²) in [5.74, 6) is -1.16. The van der Waals surface area contributed by atoms with Crippen LogP contribution < -0.4 is 0 Å². The van der Waals surface area contributed by atoms with Gasteiger partial charge in [0, 0.05) is 19.3 Å². The van der Waals surface area contributed by atoms with Crippen molar-refractivity contribution in [3.63, 3.8) is 0 Å². The second kappa shape index (κ2) is 66.0. The van der Waals surface area contributed by atoms with Crippen LogP contribution in [0.15, 0.2) is 231 Å². The molecule has 0 aliphatic carbocycles. The monoisotopic (exact) mass is 1100 g/mol. The van der Waals surface area contributed by atoms with Gasteiger partial charge in [-0.2, -0.15) is 0 Å². The predicted molar refractivity (Wildman–Crippen MR) is 352 cm³/mol. The van der Waals surface area contributed by atoms with E-state index in [-0.39, 0.29) is 44.4 Å². The first-order valence-corrected chi connectivity index (χ1v) is 30.9. The number of carbonyl (C=O) groups excluding carboxylic acids is 3. The first-order valence-electron chi connectivity index (χ1n) is 30.9. The summed E-state index contributed by atoms with van der Waals surface area (Å²) in [5.41, 5.74) is 0. The third-order valence-corrected chi connectivity index (χ3v) is 11.6. The highest BCUT2D eigenvalue weighted by Gasteiger charge is 2.19. The summed E-state index contributed by atoms with van der Waals surface area (Å²) in [6.07, 6.45) is 105. The first-order chi connectivity index (χ1) is 40.0. The number of hydrogen-bond donors (Lipinski definition) is 0. The summed E-state index contributed by atoms with van der Waals surface area (Å²) in [6.45, 7) is 6.12. The molecule has 0 saturated heterocycles. The van der Waals surface area contributed by atoms with Gasteiger partial charge in [0.1, 0.15) is 13.2 Å². The first kappa shape index (κ1) is 74.5. The van der Waals surface area contributed by atoms with Crippen LogP contribution in [0.4, 0.5) is 0 Å². The molecule has 1 atom stereocenters. The van der Waals surface area contributed by atoms with Gasteiger partial charge in [-0.3, -0.25) is 14.4 Å². The van der Waals surface area contributed by atoms with Gasteiger partial charge in [0.05, 0.1) is 0 Å². The van der Waals surface area contributed by atoms with Gasteiger partial charge in [0.15, 0.2) is 6.10 Å². The van der Waals surface area contributed by atoms with E-state index in [9.17, 15) is 14.4 Å². The number of esters is 3. The molecule has 1 unspecified atom stereocenters. The standard InChI is InChI=1S/C75H108O6/c1-4-7-10-13-16-19-22-25-28-31-33-35-37-39-41-44-47-50-53-56-59-62-65-68-74(77)80-71-72(70-79-73(76)67-64-61-58-55-52-49-46-43-30-27-24-21-18-15-12-9-6-3)81-75(78)69-66-63-60-57-54-51-48-45-42-40-38-36-34-32-29-26-23-20-17-14-11-8-5-2/h7-12,16-21,25-30,33-36,39-42,46-51,55-60,72H,4-6,13-15,22-24,31-32,37-38,43-45,52-54,61-71H2,1-3H3/b10-7-,11-8-,12-9-,19-16-,20-17-,21-18-,28-25-,29-26-,30-27-,35-33-,36-34-,41-39-,42-40-,49-46-,50-47-,51-48-,58-55-,59-56-,60-57-. The van der Waals surface area contributed by atoms with Crippen molar-refractivity contribution < 1.29 is 28.6 Å². The Morgan fingerprint density at radius 2 is 0.420 bits per heavy atom. The van der Waals surface area contributed by atoms with Crippen LogP contribution >= 0.6 is 0 Å². The van der Waals surface area contributed by atoms with Crippen LogP contribution in [0.25, 0.3) is 0 Å². The lowest BCUT2D eigenvalue weighted by atomic mass is 10.2. The lowest BCUT2D eigenvalue weighted by Gasteiger charge is -2.18. The normalized spacial score (nSPS) is 13.8. The maximum atomic E-state index is 12.9. The molecule has 6 nitrogen and oxygen atoms in total. The zero-order chi connectivity index (χ0) is 58.5. The Kier molecular flexibility index (Phi) is 60.7.